The van der Waals surface area contributed by atoms with Gasteiger partial charge in [0, 0.05) is 37.6 Å². The predicted molar refractivity (Wildman–Crippen MR) is 132 cm³/mol. The van der Waals surface area contributed by atoms with Gasteiger partial charge in [0.2, 0.25) is 10.9 Å². The summed E-state index contributed by atoms with van der Waals surface area (Å²) in [6.07, 6.45) is 0. The average molecular weight is 484 g/mol. The predicted octanol–water partition coefficient (Wildman–Crippen LogP) is 3.55. The number of nitrogens with one attached hydrogen (secondary N) is 1. The third kappa shape index (κ3) is 6.02. The highest BCUT2D eigenvalue weighted by atomic mass is 32.2. The van der Waals surface area contributed by atoms with Crippen molar-refractivity contribution in [2.24, 2.45) is 0 Å². The lowest BCUT2D eigenvalue weighted by molar-refractivity contribution is -0.128. The summed E-state index contributed by atoms with van der Waals surface area (Å²) >= 11 is 2.51. The van der Waals surface area contributed by atoms with Gasteiger partial charge >= 0.3 is 0 Å². The molecule has 1 aromatic heterocycles. The Balaban J connectivity index is 1.23. The number of amides is 2. The molecule has 1 aliphatic heterocycles. The van der Waals surface area contributed by atoms with E-state index < -0.39 is 0 Å². The maximum atomic E-state index is 12.7. The summed E-state index contributed by atoms with van der Waals surface area (Å²) in [7, 11) is 1.65. The van der Waals surface area contributed by atoms with Crippen LogP contribution in [0.3, 0.4) is 0 Å². The molecular weight excluding hydrogens is 458 g/mol. The molecule has 2 heterocycles. The van der Waals surface area contributed by atoms with E-state index in [1.54, 1.807) is 7.11 Å². The summed E-state index contributed by atoms with van der Waals surface area (Å²) in [5.74, 6) is 0.869. The fourth-order valence-corrected chi connectivity index (χ4v) is 5.05. The Labute approximate surface area is 201 Å². The van der Waals surface area contributed by atoms with Gasteiger partial charge in [-0.2, -0.15) is 0 Å². The molecule has 10 heteroatoms. The normalized spacial score (nSPS) is 13.6. The van der Waals surface area contributed by atoms with Crippen molar-refractivity contribution in [1.82, 2.24) is 15.1 Å². The van der Waals surface area contributed by atoms with E-state index in [9.17, 15) is 9.59 Å². The number of rotatable bonds is 7. The van der Waals surface area contributed by atoms with Gasteiger partial charge in [-0.3, -0.25) is 9.59 Å². The van der Waals surface area contributed by atoms with Gasteiger partial charge in [0.1, 0.15) is 5.75 Å². The van der Waals surface area contributed by atoms with Gasteiger partial charge in [-0.25, -0.2) is 0 Å². The SMILES string of the molecule is COc1ccc(N2CCN(C(=O)CSc3nnc(C(=O)Nc4ccc(C)cc4)s3)CC2)cc1. The summed E-state index contributed by atoms with van der Waals surface area (Å²) in [5.41, 5.74) is 2.95. The molecular formula is C23H25N5O3S2. The highest BCUT2D eigenvalue weighted by Crippen LogP contribution is 2.25. The van der Waals surface area contributed by atoms with E-state index >= 15 is 0 Å². The molecule has 33 heavy (non-hydrogen) atoms. The zero-order chi connectivity index (χ0) is 23.2. The number of aryl methyl sites for hydroxylation is 1. The number of aromatic nitrogens is 2. The first-order valence-corrected chi connectivity index (χ1v) is 12.3. The largest absolute Gasteiger partial charge is 0.497 e. The molecule has 0 bridgehead atoms. The van der Waals surface area contributed by atoms with E-state index in [4.69, 9.17) is 4.74 Å². The summed E-state index contributed by atoms with van der Waals surface area (Å²) in [6.45, 7) is 4.90. The molecule has 0 saturated carbocycles. The van der Waals surface area contributed by atoms with Crippen molar-refractivity contribution in [2.45, 2.75) is 11.3 Å². The molecule has 1 N–H and O–H groups in total. The Hall–Kier alpha value is -3.11. The molecule has 0 radical (unpaired) electrons. The summed E-state index contributed by atoms with van der Waals surface area (Å²) in [5, 5.41) is 11.1. The van der Waals surface area contributed by atoms with E-state index in [0.717, 1.165) is 30.1 Å². The Morgan fingerprint density at radius 2 is 1.73 bits per heavy atom. The number of thioether (sulfide) groups is 1. The van der Waals surface area contributed by atoms with Gasteiger partial charge in [0.25, 0.3) is 5.91 Å². The van der Waals surface area contributed by atoms with Crippen molar-refractivity contribution in [3.8, 4) is 5.75 Å². The minimum atomic E-state index is -0.302. The van der Waals surface area contributed by atoms with E-state index in [2.05, 4.69) is 20.4 Å². The molecule has 0 unspecified atom stereocenters. The van der Waals surface area contributed by atoms with Crippen molar-refractivity contribution in [1.29, 1.82) is 0 Å². The lowest BCUT2D eigenvalue weighted by Crippen LogP contribution is -2.49. The number of benzene rings is 2. The third-order valence-corrected chi connectivity index (χ3v) is 7.34. The first-order chi connectivity index (χ1) is 16.0. The van der Waals surface area contributed by atoms with Gasteiger partial charge < -0.3 is 19.9 Å². The molecule has 0 spiro atoms. The number of piperazine rings is 1. The second-order valence-electron chi connectivity index (χ2n) is 7.55. The smallest absolute Gasteiger partial charge is 0.286 e. The van der Waals surface area contributed by atoms with Crippen LogP contribution >= 0.6 is 23.1 Å². The second kappa shape index (κ2) is 10.7. The van der Waals surface area contributed by atoms with Crippen molar-refractivity contribution < 1.29 is 14.3 Å². The van der Waals surface area contributed by atoms with Crippen LogP contribution in [0.15, 0.2) is 52.9 Å². The molecule has 172 valence electrons. The summed E-state index contributed by atoms with van der Waals surface area (Å²) in [6, 6.07) is 15.5. The third-order valence-electron chi connectivity index (χ3n) is 5.30. The standard InChI is InChI=1S/C23H25N5O3S2/c1-16-3-5-17(6-4-16)24-21(30)22-25-26-23(33-22)32-15-20(29)28-13-11-27(12-14-28)18-7-9-19(31-2)10-8-18/h3-10H,11-15H2,1-2H3,(H,24,30). The van der Waals surface area contributed by atoms with Crippen molar-refractivity contribution in [3.63, 3.8) is 0 Å². The van der Waals surface area contributed by atoms with Crippen molar-refractivity contribution in [3.05, 3.63) is 59.1 Å². The summed E-state index contributed by atoms with van der Waals surface area (Å²) < 4.78 is 5.81. The average Bonchev–Trinajstić information content (AvgIpc) is 3.33. The molecule has 1 fully saturated rings. The molecule has 1 aliphatic rings. The van der Waals surface area contributed by atoms with Crippen LogP contribution in [0.25, 0.3) is 0 Å². The van der Waals surface area contributed by atoms with Crippen LogP contribution in [0, 0.1) is 6.92 Å². The highest BCUT2D eigenvalue weighted by molar-refractivity contribution is 8.01. The number of hydrogen-bond donors (Lipinski definition) is 1. The van der Waals surface area contributed by atoms with Gasteiger partial charge in [-0.05, 0) is 43.3 Å². The number of carbonyl (C=O) groups is 2. The number of hydrogen-bond acceptors (Lipinski definition) is 8. The lowest BCUT2D eigenvalue weighted by atomic mass is 10.2. The van der Waals surface area contributed by atoms with Crippen LogP contribution in [-0.4, -0.2) is 66.0 Å². The van der Waals surface area contributed by atoms with E-state index in [1.165, 1.54) is 23.1 Å². The quantitative estimate of drug-likeness (QED) is 0.514. The molecule has 8 nitrogen and oxygen atoms in total. The molecule has 2 aromatic carbocycles. The van der Waals surface area contributed by atoms with Crippen LogP contribution < -0.4 is 15.0 Å². The summed E-state index contributed by atoms with van der Waals surface area (Å²) in [4.78, 5) is 29.2. The van der Waals surface area contributed by atoms with E-state index in [1.807, 2.05) is 60.4 Å². The fraction of sp³-hybridized carbons (Fsp3) is 0.304. The molecule has 4 rings (SSSR count). The Bertz CT molecular complexity index is 1090. The number of methoxy groups -OCH3 is 1. The lowest BCUT2D eigenvalue weighted by Gasteiger charge is -2.36. The molecule has 0 aliphatic carbocycles. The number of ether oxygens (including phenoxy) is 1. The zero-order valence-electron chi connectivity index (χ0n) is 18.5. The van der Waals surface area contributed by atoms with Gasteiger partial charge in [0.15, 0.2) is 4.34 Å². The maximum Gasteiger partial charge on any atom is 0.286 e. The highest BCUT2D eigenvalue weighted by Gasteiger charge is 2.22. The topological polar surface area (TPSA) is 87.7 Å². The monoisotopic (exact) mass is 483 g/mol. The van der Waals surface area contributed by atoms with Gasteiger partial charge in [-0.1, -0.05) is 40.8 Å². The first kappa shape index (κ1) is 23.1. The first-order valence-electron chi connectivity index (χ1n) is 10.5. The van der Waals surface area contributed by atoms with Crippen LogP contribution in [0.5, 0.6) is 5.75 Å². The van der Waals surface area contributed by atoms with Crippen LogP contribution in [0.1, 0.15) is 15.4 Å². The van der Waals surface area contributed by atoms with E-state index in [0.29, 0.717) is 23.1 Å². The van der Waals surface area contributed by atoms with Crippen molar-refractivity contribution in [2.75, 3.05) is 49.3 Å². The van der Waals surface area contributed by atoms with E-state index in [-0.39, 0.29) is 22.6 Å². The second-order valence-corrected chi connectivity index (χ2v) is 9.75. The van der Waals surface area contributed by atoms with Crippen molar-refractivity contribution >= 4 is 46.3 Å². The number of carbonyl (C=O) groups excluding carboxylic acids is 2. The fourth-order valence-electron chi connectivity index (χ4n) is 3.40. The minimum absolute atomic E-state index is 0.0650. The number of anilines is 2. The maximum absolute atomic E-state index is 12.7. The minimum Gasteiger partial charge on any atom is -0.497 e. The molecule has 2 amide bonds. The Morgan fingerprint density at radius 3 is 2.39 bits per heavy atom. The molecule has 1 saturated heterocycles. The number of nitrogens with zero attached hydrogens (tertiary/aromatic N) is 4. The molecule has 3 aromatic rings. The van der Waals surface area contributed by atoms with Crippen LogP contribution in [0.4, 0.5) is 11.4 Å². The molecule has 0 atom stereocenters. The Morgan fingerprint density at radius 1 is 1.03 bits per heavy atom. The Kier molecular flexibility index (Phi) is 7.46. The van der Waals surface area contributed by atoms with Crippen LogP contribution in [-0.2, 0) is 4.79 Å². The van der Waals surface area contributed by atoms with Gasteiger partial charge in [0.05, 0.1) is 12.9 Å². The zero-order valence-corrected chi connectivity index (χ0v) is 20.1. The van der Waals surface area contributed by atoms with Crippen LogP contribution in [0.2, 0.25) is 0 Å². The van der Waals surface area contributed by atoms with Gasteiger partial charge in [-0.15, -0.1) is 10.2 Å².